The topological polar surface area (TPSA) is 77.8 Å². The maximum absolute atomic E-state index is 12.8. The molecule has 5 nitrogen and oxygen atoms in total. The zero-order chi connectivity index (χ0) is 16.0. The van der Waals surface area contributed by atoms with E-state index < -0.39 is 18.0 Å². The van der Waals surface area contributed by atoms with Gasteiger partial charge in [0.05, 0.1) is 18.4 Å². The van der Waals surface area contributed by atoms with E-state index in [1.165, 1.54) is 43.0 Å². The van der Waals surface area contributed by atoms with Crippen LogP contribution in [0.2, 0.25) is 0 Å². The number of benzene rings is 1. The molecule has 0 spiro atoms. The first-order chi connectivity index (χ1) is 9.79. The second-order valence-electron chi connectivity index (χ2n) is 5.19. The SMILES string of the molecule is CC(O)CN(CC(C)C(=O)O)C(=O)Cc1ccc(F)cc1. The molecule has 1 aromatic rings. The number of hydrogen-bond acceptors (Lipinski definition) is 3. The van der Waals surface area contributed by atoms with Crippen LogP contribution in [0.4, 0.5) is 4.39 Å². The Kier molecular flexibility index (Phi) is 6.30. The van der Waals surface area contributed by atoms with Crippen LogP contribution >= 0.6 is 0 Å². The van der Waals surface area contributed by atoms with Crippen molar-refractivity contribution >= 4 is 11.9 Å². The molecule has 0 aliphatic rings. The van der Waals surface area contributed by atoms with Crippen molar-refractivity contribution in [3.05, 3.63) is 35.6 Å². The van der Waals surface area contributed by atoms with Crippen LogP contribution in [0.1, 0.15) is 19.4 Å². The van der Waals surface area contributed by atoms with Gasteiger partial charge in [-0.05, 0) is 24.6 Å². The van der Waals surface area contributed by atoms with E-state index in [0.29, 0.717) is 5.56 Å². The summed E-state index contributed by atoms with van der Waals surface area (Å²) in [7, 11) is 0. The van der Waals surface area contributed by atoms with Crippen molar-refractivity contribution in [2.45, 2.75) is 26.4 Å². The highest BCUT2D eigenvalue weighted by molar-refractivity contribution is 5.79. The molecule has 1 amide bonds. The number of carboxylic acids is 1. The summed E-state index contributed by atoms with van der Waals surface area (Å²) in [6, 6.07) is 5.55. The minimum absolute atomic E-state index is 0.0280. The van der Waals surface area contributed by atoms with E-state index in [9.17, 15) is 19.1 Å². The van der Waals surface area contributed by atoms with Gasteiger partial charge in [0.25, 0.3) is 0 Å². The Hall–Kier alpha value is -1.95. The van der Waals surface area contributed by atoms with Crippen LogP contribution in [0.3, 0.4) is 0 Å². The molecule has 1 aromatic carbocycles. The van der Waals surface area contributed by atoms with Gasteiger partial charge >= 0.3 is 5.97 Å². The molecular formula is C15H20FNO4. The van der Waals surface area contributed by atoms with E-state index in [4.69, 9.17) is 5.11 Å². The predicted molar refractivity (Wildman–Crippen MR) is 75.2 cm³/mol. The van der Waals surface area contributed by atoms with Gasteiger partial charge in [-0.2, -0.15) is 0 Å². The van der Waals surface area contributed by atoms with Crippen LogP contribution in [0.15, 0.2) is 24.3 Å². The number of aliphatic hydroxyl groups is 1. The molecule has 1 rings (SSSR count). The molecule has 21 heavy (non-hydrogen) atoms. The third kappa shape index (κ3) is 5.91. The van der Waals surface area contributed by atoms with Crippen LogP contribution in [0, 0.1) is 11.7 Å². The number of carbonyl (C=O) groups excluding carboxylic acids is 1. The van der Waals surface area contributed by atoms with Gasteiger partial charge in [0.2, 0.25) is 5.91 Å². The van der Waals surface area contributed by atoms with E-state index in [0.717, 1.165) is 0 Å². The zero-order valence-electron chi connectivity index (χ0n) is 12.1. The summed E-state index contributed by atoms with van der Waals surface area (Å²) in [4.78, 5) is 24.4. The molecule has 0 saturated carbocycles. The molecule has 0 radical (unpaired) electrons. The predicted octanol–water partition coefficient (Wildman–Crippen LogP) is 1.30. The van der Waals surface area contributed by atoms with Crippen molar-refractivity contribution in [3.63, 3.8) is 0 Å². The second kappa shape index (κ2) is 7.73. The number of amides is 1. The largest absolute Gasteiger partial charge is 0.481 e. The van der Waals surface area contributed by atoms with Crippen molar-refractivity contribution in [2.24, 2.45) is 5.92 Å². The number of carboxylic acid groups (broad SMARTS) is 1. The summed E-state index contributed by atoms with van der Waals surface area (Å²) in [6.07, 6.45) is -0.706. The fraction of sp³-hybridized carbons (Fsp3) is 0.467. The van der Waals surface area contributed by atoms with Crippen LogP contribution in [0.25, 0.3) is 0 Å². The van der Waals surface area contributed by atoms with Crippen molar-refractivity contribution < 1.29 is 24.2 Å². The Morgan fingerprint density at radius 1 is 1.19 bits per heavy atom. The maximum Gasteiger partial charge on any atom is 0.308 e. The lowest BCUT2D eigenvalue weighted by Crippen LogP contribution is -2.41. The molecule has 0 saturated heterocycles. The first-order valence-electron chi connectivity index (χ1n) is 6.72. The number of hydrogen-bond donors (Lipinski definition) is 2. The molecule has 0 heterocycles. The first kappa shape index (κ1) is 17.1. The third-order valence-corrected chi connectivity index (χ3v) is 3.02. The number of aliphatic hydroxyl groups excluding tert-OH is 1. The summed E-state index contributed by atoms with van der Waals surface area (Å²) in [5, 5.41) is 18.4. The number of rotatable bonds is 7. The Morgan fingerprint density at radius 3 is 2.24 bits per heavy atom. The number of aliphatic carboxylic acids is 1. The summed E-state index contributed by atoms with van der Waals surface area (Å²) >= 11 is 0. The lowest BCUT2D eigenvalue weighted by molar-refractivity contribution is -0.143. The van der Waals surface area contributed by atoms with Crippen LogP contribution < -0.4 is 0 Å². The van der Waals surface area contributed by atoms with Crippen LogP contribution in [-0.2, 0) is 16.0 Å². The highest BCUT2D eigenvalue weighted by atomic mass is 19.1. The van der Waals surface area contributed by atoms with E-state index in [1.807, 2.05) is 0 Å². The van der Waals surface area contributed by atoms with E-state index >= 15 is 0 Å². The van der Waals surface area contributed by atoms with E-state index in [-0.39, 0.29) is 31.2 Å². The van der Waals surface area contributed by atoms with Crippen LogP contribution in [0.5, 0.6) is 0 Å². The first-order valence-corrected chi connectivity index (χ1v) is 6.72. The fourth-order valence-corrected chi connectivity index (χ4v) is 1.89. The molecule has 2 N–H and O–H groups in total. The summed E-state index contributed by atoms with van der Waals surface area (Å²) in [6.45, 7) is 3.13. The van der Waals surface area contributed by atoms with Crippen molar-refractivity contribution in [3.8, 4) is 0 Å². The minimum Gasteiger partial charge on any atom is -0.481 e. The number of carbonyl (C=O) groups is 2. The monoisotopic (exact) mass is 297 g/mol. The van der Waals surface area contributed by atoms with Crippen molar-refractivity contribution in [1.82, 2.24) is 4.90 Å². The van der Waals surface area contributed by atoms with Gasteiger partial charge in [-0.15, -0.1) is 0 Å². The highest BCUT2D eigenvalue weighted by Gasteiger charge is 2.21. The Labute approximate surface area is 123 Å². The molecule has 2 atom stereocenters. The van der Waals surface area contributed by atoms with Gasteiger partial charge in [-0.25, -0.2) is 4.39 Å². The molecule has 0 aliphatic heterocycles. The fourth-order valence-electron chi connectivity index (χ4n) is 1.89. The standard InChI is InChI=1S/C15H20FNO4/c1-10(15(20)21)8-17(9-11(2)18)14(19)7-12-3-5-13(16)6-4-12/h3-6,10-11,18H,7-9H2,1-2H3,(H,20,21). The highest BCUT2D eigenvalue weighted by Crippen LogP contribution is 2.08. The average Bonchev–Trinajstić information content (AvgIpc) is 2.39. The maximum atomic E-state index is 12.8. The quantitative estimate of drug-likeness (QED) is 0.795. The van der Waals surface area contributed by atoms with Gasteiger partial charge in [0.15, 0.2) is 0 Å². The smallest absolute Gasteiger partial charge is 0.308 e. The van der Waals surface area contributed by atoms with Gasteiger partial charge in [0, 0.05) is 13.1 Å². The van der Waals surface area contributed by atoms with E-state index in [1.54, 1.807) is 0 Å². The Bertz CT molecular complexity index is 487. The second-order valence-corrected chi connectivity index (χ2v) is 5.19. The molecule has 0 aliphatic carbocycles. The molecule has 2 unspecified atom stereocenters. The molecular weight excluding hydrogens is 277 g/mol. The third-order valence-electron chi connectivity index (χ3n) is 3.02. The average molecular weight is 297 g/mol. The van der Waals surface area contributed by atoms with Crippen molar-refractivity contribution in [2.75, 3.05) is 13.1 Å². The minimum atomic E-state index is -1.000. The molecule has 116 valence electrons. The van der Waals surface area contributed by atoms with E-state index in [2.05, 4.69) is 0 Å². The van der Waals surface area contributed by atoms with Gasteiger partial charge in [0.1, 0.15) is 5.82 Å². The number of nitrogens with zero attached hydrogens (tertiary/aromatic N) is 1. The van der Waals surface area contributed by atoms with Gasteiger partial charge < -0.3 is 15.1 Å². The lowest BCUT2D eigenvalue weighted by atomic mass is 10.1. The number of halogens is 1. The molecule has 0 fully saturated rings. The Balaban J connectivity index is 2.74. The van der Waals surface area contributed by atoms with Gasteiger partial charge in [-0.1, -0.05) is 19.1 Å². The summed E-state index contributed by atoms with van der Waals surface area (Å²) in [5.74, 6) is -2.40. The normalized spacial score (nSPS) is 13.5. The van der Waals surface area contributed by atoms with Gasteiger partial charge in [-0.3, -0.25) is 9.59 Å². The summed E-state index contributed by atoms with van der Waals surface area (Å²) in [5.41, 5.74) is 0.639. The molecule has 0 bridgehead atoms. The van der Waals surface area contributed by atoms with Crippen molar-refractivity contribution in [1.29, 1.82) is 0 Å². The lowest BCUT2D eigenvalue weighted by Gasteiger charge is -2.26. The Morgan fingerprint density at radius 2 is 1.76 bits per heavy atom. The molecule has 6 heteroatoms. The zero-order valence-corrected chi connectivity index (χ0v) is 12.1. The molecule has 0 aromatic heterocycles. The van der Waals surface area contributed by atoms with Crippen LogP contribution in [-0.4, -0.2) is 46.2 Å². The summed E-state index contributed by atoms with van der Waals surface area (Å²) < 4.78 is 12.8.